The highest BCUT2D eigenvalue weighted by Crippen LogP contribution is 2.19. The molecule has 0 aliphatic rings. The van der Waals surface area contributed by atoms with Crippen LogP contribution in [0.1, 0.15) is 34.6 Å². The summed E-state index contributed by atoms with van der Waals surface area (Å²) < 4.78 is 25.4. The van der Waals surface area contributed by atoms with Gasteiger partial charge in [0.05, 0.1) is 0 Å². The number of hydrogen-bond donors (Lipinski definition) is 2. The first kappa shape index (κ1) is 14.4. The Labute approximate surface area is 90.9 Å². The zero-order chi connectivity index (χ0) is 12.4. The normalized spacial score (nSPS) is 17.1. The van der Waals surface area contributed by atoms with Gasteiger partial charge in [-0.15, -0.1) is 0 Å². The summed E-state index contributed by atoms with van der Waals surface area (Å²) in [5, 5.41) is 7.19. The maximum atomic E-state index is 11.5. The number of hydrogen-bond acceptors (Lipinski definition) is 3. The third kappa shape index (κ3) is 4.17. The highest BCUT2D eigenvalue weighted by molar-refractivity contribution is 7.90. The third-order valence-electron chi connectivity index (χ3n) is 2.45. The number of aliphatic carboxylic acids is 1. The summed E-state index contributed by atoms with van der Waals surface area (Å²) in [6, 6.07) is -0.315. The Hall–Kier alpha value is -0.620. The van der Waals surface area contributed by atoms with Crippen molar-refractivity contribution >= 4 is 16.0 Å². The van der Waals surface area contributed by atoms with Crippen LogP contribution in [0.4, 0.5) is 0 Å². The van der Waals surface area contributed by atoms with E-state index in [0.717, 1.165) is 6.92 Å². The van der Waals surface area contributed by atoms with Crippen molar-refractivity contribution in [1.29, 1.82) is 0 Å². The van der Waals surface area contributed by atoms with E-state index in [1.165, 1.54) is 0 Å². The van der Waals surface area contributed by atoms with Gasteiger partial charge < -0.3 is 5.11 Å². The molecule has 0 radical (unpaired) electrons. The van der Waals surface area contributed by atoms with Crippen LogP contribution in [0.5, 0.6) is 0 Å². The zero-order valence-corrected chi connectivity index (χ0v) is 10.6. The molecule has 2 N–H and O–H groups in total. The van der Waals surface area contributed by atoms with Crippen molar-refractivity contribution in [3.63, 3.8) is 0 Å². The fourth-order valence-corrected chi connectivity index (χ4v) is 1.97. The average Bonchev–Trinajstić information content (AvgIpc) is 2.00. The number of rotatable bonds is 4. The molecular formula is C9H19NO4S. The summed E-state index contributed by atoms with van der Waals surface area (Å²) in [5.74, 6) is -1.34. The lowest BCUT2D eigenvalue weighted by Gasteiger charge is -2.28. The van der Waals surface area contributed by atoms with Crippen molar-refractivity contribution in [2.45, 2.75) is 45.9 Å². The molecule has 0 aliphatic carbocycles. The van der Waals surface area contributed by atoms with Crippen LogP contribution in [0.15, 0.2) is 0 Å². The minimum atomic E-state index is -3.79. The Morgan fingerprint density at radius 2 is 1.67 bits per heavy atom. The standard InChI is InChI=1S/C9H19NO4S/c1-6(8(11)12)15(13,14)10-7(2)9(3,4)5/h6-7,10H,1-5H3,(H,11,12). The molecule has 0 aliphatic heterocycles. The summed E-state index contributed by atoms with van der Waals surface area (Å²) in [7, 11) is -3.79. The van der Waals surface area contributed by atoms with E-state index in [9.17, 15) is 13.2 Å². The van der Waals surface area contributed by atoms with Crippen molar-refractivity contribution in [3.05, 3.63) is 0 Å². The molecule has 0 saturated heterocycles. The molecule has 5 nitrogen and oxygen atoms in total. The van der Waals surface area contributed by atoms with Gasteiger partial charge in [-0.3, -0.25) is 4.79 Å². The van der Waals surface area contributed by atoms with Crippen LogP contribution in [0, 0.1) is 5.41 Å². The predicted octanol–water partition coefficient (Wildman–Crippen LogP) is 0.813. The number of carbonyl (C=O) groups is 1. The molecule has 0 fully saturated rings. The summed E-state index contributed by atoms with van der Waals surface area (Å²) in [4.78, 5) is 10.6. The highest BCUT2D eigenvalue weighted by atomic mass is 32.2. The molecule has 0 amide bonds. The minimum Gasteiger partial charge on any atom is -0.480 e. The summed E-state index contributed by atoms with van der Waals surface area (Å²) in [5.41, 5.74) is -0.245. The lowest BCUT2D eigenvalue weighted by atomic mass is 9.89. The van der Waals surface area contributed by atoms with Crippen LogP contribution in [0.2, 0.25) is 0 Å². The van der Waals surface area contributed by atoms with Crippen LogP contribution in [0.3, 0.4) is 0 Å². The van der Waals surface area contributed by atoms with Crippen LogP contribution < -0.4 is 4.72 Å². The molecule has 0 aromatic rings. The van der Waals surface area contributed by atoms with Gasteiger partial charge in [-0.25, -0.2) is 13.1 Å². The molecule has 0 aromatic heterocycles. The van der Waals surface area contributed by atoms with Crippen LogP contribution in [0.25, 0.3) is 0 Å². The van der Waals surface area contributed by atoms with Crippen LogP contribution >= 0.6 is 0 Å². The molecule has 0 bridgehead atoms. The monoisotopic (exact) mass is 237 g/mol. The van der Waals surface area contributed by atoms with Crippen molar-refractivity contribution in [2.24, 2.45) is 5.41 Å². The molecule has 15 heavy (non-hydrogen) atoms. The Balaban J connectivity index is 4.75. The highest BCUT2D eigenvalue weighted by Gasteiger charge is 2.32. The largest absolute Gasteiger partial charge is 0.480 e. The van der Waals surface area contributed by atoms with Gasteiger partial charge in [0, 0.05) is 6.04 Å². The van der Waals surface area contributed by atoms with E-state index in [-0.39, 0.29) is 11.5 Å². The van der Waals surface area contributed by atoms with Gasteiger partial charge in [-0.05, 0) is 19.3 Å². The SMILES string of the molecule is CC(NS(=O)(=O)C(C)C(=O)O)C(C)(C)C. The molecule has 0 spiro atoms. The van der Waals surface area contributed by atoms with Crippen molar-refractivity contribution in [1.82, 2.24) is 4.72 Å². The minimum absolute atomic E-state index is 0.245. The van der Waals surface area contributed by atoms with E-state index in [1.54, 1.807) is 6.92 Å². The summed E-state index contributed by atoms with van der Waals surface area (Å²) in [6.45, 7) is 8.51. The smallest absolute Gasteiger partial charge is 0.323 e. The Bertz CT molecular complexity index is 329. The first-order valence-corrected chi connectivity index (χ1v) is 6.27. The maximum Gasteiger partial charge on any atom is 0.323 e. The summed E-state index contributed by atoms with van der Waals surface area (Å²) >= 11 is 0. The number of carboxylic acids is 1. The number of carboxylic acid groups (broad SMARTS) is 1. The fourth-order valence-electron chi connectivity index (χ4n) is 0.658. The Kier molecular flexibility index (Phi) is 4.30. The van der Waals surface area contributed by atoms with Crippen molar-refractivity contribution in [2.75, 3.05) is 0 Å². The molecule has 6 heteroatoms. The van der Waals surface area contributed by atoms with Gasteiger partial charge in [0.15, 0.2) is 5.25 Å². The van der Waals surface area contributed by atoms with Gasteiger partial charge in [-0.1, -0.05) is 20.8 Å². The molecule has 0 heterocycles. The summed E-state index contributed by atoms with van der Waals surface area (Å²) in [6.07, 6.45) is 0. The molecular weight excluding hydrogens is 218 g/mol. The third-order valence-corrected chi connectivity index (χ3v) is 4.27. The van der Waals surface area contributed by atoms with Gasteiger partial charge in [0.25, 0.3) is 0 Å². The topological polar surface area (TPSA) is 83.5 Å². The number of sulfonamides is 1. The molecule has 90 valence electrons. The molecule has 2 unspecified atom stereocenters. The average molecular weight is 237 g/mol. The quantitative estimate of drug-likeness (QED) is 0.758. The van der Waals surface area contributed by atoms with E-state index >= 15 is 0 Å². The van der Waals surface area contributed by atoms with Crippen LogP contribution in [-0.4, -0.2) is 30.8 Å². The van der Waals surface area contributed by atoms with E-state index in [1.807, 2.05) is 20.8 Å². The lowest BCUT2D eigenvalue weighted by Crippen LogP contribution is -2.46. The molecule has 2 atom stereocenters. The maximum absolute atomic E-state index is 11.5. The fraction of sp³-hybridized carbons (Fsp3) is 0.889. The Morgan fingerprint density at radius 1 is 1.27 bits per heavy atom. The van der Waals surface area contributed by atoms with Gasteiger partial charge in [0.2, 0.25) is 10.0 Å². The van der Waals surface area contributed by atoms with E-state index in [2.05, 4.69) is 4.72 Å². The first-order chi connectivity index (χ1) is 6.48. The van der Waals surface area contributed by atoms with Gasteiger partial charge in [-0.2, -0.15) is 0 Å². The second-order valence-electron chi connectivity index (χ2n) is 4.73. The van der Waals surface area contributed by atoms with Crippen LogP contribution in [-0.2, 0) is 14.8 Å². The van der Waals surface area contributed by atoms with Gasteiger partial charge >= 0.3 is 5.97 Å². The molecule has 0 aromatic carbocycles. The second-order valence-corrected chi connectivity index (χ2v) is 6.76. The molecule has 0 saturated carbocycles. The van der Waals surface area contributed by atoms with Crippen molar-refractivity contribution < 1.29 is 18.3 Å². The second kappa shape index (κ2) is 4.49. The Morgan fingerprint density at radius 3 is 1.93 bits per heavy atom. The molecule has 0 rings (SSSR count). The van der Waals surface area contributed by atoms with E-state index < -0.39 is 21.2 Å². The van der Waals surface area contributed by atoms with E-state index in [4.69, 9.17) is 5.11 Å². The first-order valence-electron chi connectivity index (χ1n) is 4.72. The number of nitrogens with one attached hydrogen (secondary N) is 1. The van der Waals surface area contributed by atoms with Gasteiger partial charge in [0.1, 0.15) is 0 Å². The predicted molar refractivity (Wildman–Crippen MR) is 58.1 cm³/mol. The lowest BCUT2D eigenvalue weighted by molar-refractivity contribution is -0.136. The van der Waals surface area contributed by atoms with E-state index in [0.29, 0.717) is 0 Å². The zero-order valence-electron chi connectivity index (χ0n) is 9.73. The van der Waals surface area contributed by atoms with Crippen molar-refractivity contribution in [3.8, 4) is 0 Å².